The molecule has 1 aromatic heterocycles. The lowest BCUT2D eigenvalue weighted by Crippen LogP contribution is -2.39. The van der Waals surface area contributed by atoms with Gasteiger partial charge in [0.2, 0.25) is 0 Å². The Morgan fingerprint density at radius 2 is 2.04 bits per heavy atom. The minimum Gasteiger partial charge on any atom is -0.396 e. The summed E-state index contributed by atoms with van der Waals surface area (Å²) < 4.78 is 0. The summed E-state index contributed by atoms with van der Waals surface area (Å²) >= 11 is 0. The summed E-state index contributed by atoms with van der Waals surface area (Å²) in [6.45, 7) is 6.28. The summed E-state index contributed by atoms with van der Waals surface area (Å²) in [6, 6.07) is 10.1. The van der Waals surface area contributed by atoms with Crippen LogP contribution in [0.4, 0.5) is 0 Å². The first-order valence-corrected chi connectivity index (χ1v) is 7.70. The molecule has 3 N–H and O–H groups in total. The number of hydrogen-bond acceptors (Lipinski definition) is 3. The predicted octanol–water partition coefficient (Wildman–Crippen LogP) is 2.54. The molecule has 2 rings (SSSR count). The van der Waals surface area contributed by atoms with Gasteiger partial charge >= 0.3 is 0 Å². The molecule has 5 nitrogen and oxygen atoms in total. The molecule has 0 amide bonds. The maximum Gasteiger partial charge on any atom is 0.191 e. The van der Waals surface area contributed by atoms with Crippen molar-refractivity contribution < 1.29 is 5.11 Å². The number of nitrogens with zero attached hydrogens (tertiary/aromatic N) is 2. The van der Waals surface area contributed by atoms with Crippen LogP contribution in [0.1, 0.15) is 19.4 Å². The summed E-state index contributed by atoms with van der Waals surface area (Å²) in [4.78, 5) is 8.99. The Balaban J connectivity index is 0.00000264. The largest absolute Gasteiger partial charge is 0.396 e. The number of aliphatic hydroxyl groups is 1. The van der Waals surface area contributed by atoms with Gasteiger partial charge in [-0.3, -0.25) is 4.98 Å². The Labute approximate surface area is 154 Å². The van der Waals surface area contributed by atoms with Crippen LogP contribution < -0.4 is 10.6 Å². The van der Waals surface area contributed by atoms with Crippen molar-refractivity contribution in [2.24, 2.45) is 10.9 Å². The van der Waals surface area contributed by atoms with Crippen LogP contribution in [0.3, 0.4) is 0 Å². The lowest BCUT2D eigenvalue weighted by molar-refractivity contribution is 0.238. The van der Waals surface area contributed by atoms with E-state index in [4.69, 9.17) is 5.11 Å². The molecule has 0 saturated carbocycles. The molecule has 1 heterocycles. The van der Waals surface area contributed by atoms with Gasteiger partial charge in [-0.2, -0.15) is 0 Å². The molecular formula is C17H25IN4O. The van der Waals surface area contributed by atoms with Crippen LogP contribution in [0, 0.1) is 5.92 Å². The van der Waals surface area contributed by atoms with Crippen LogP contribution in [0.5, 0.6) is 0 Å². The molecule has 0 saturated heterocycles. The van der Waals surface area contributed by atoms with Crippen molar-refractivity contribution in [3.05, 3.63) is 42.1 Å². The first-order chi connectivity index (χ1) is 10.7. The molecule has 0 radical (unpaired) electrons. The third kappa shape index (κ3) is 5.95. The topological polar surface area (TPSA) is 69.5 Å². The van der Waals surface area contributed by atoms with Crippen molar-refractivity contribution >= 4 is 40.8 Å². The third-order valence-corrected chi connectivity index (χ3v) is 3.42. The van der Waals surface area contributed by atoms with E-state index in [0.29, 0.717) is 13.1 Å². The van der Waals surface area contributed by atoms with Crippen LogP contribution >= 0.6 is 24.0 Å². The van der Waals surface area contributed by atoms with Gasteiger partial charge in [0.05, 0.1) is 12.1 Å². The number of aromatic nitrogens is 1. The zero-order chi connectivity index (χ0) is 15.8. The van der Waals surface area contributed by atoms with Crippen molar-refractivity contribution in [1.82, 2.24) is 15.6 Å². The molecule has 0 aliphatic rings. The van der Waals surface area contributed by atoms with Crippen molar-refractivity contribution in [3.63, 3.8) is 0 Å². The molecule has 2 aromatic rings. The molecule has 1 aromatic carbocycles. The van der Waals surface area contributed by atoms with Gasteiger partial charge in [-0.25, -0.2) is 4.99 Å². The van der Waals surface area contributed by atoms with Gasteiger partial charge in [0.25, 0.3) is 0 Å². The summed E-state index contributed by atoms with van der Waals surface area (Å²) in [7, 11) is 0. The molecule has 0 aliphatic carbocycles. The average molecular weight is 428 g/mol. The van der Waals surface area contributed by atoms with E-state index in [0.717, 1.165) is 29.0 Å². The number of aliphatic imine (C=N–C) groups is 1. The standard InChI is InChI=1S/C17H24N4O.HI/c1-3-18-17(20-10-13(2)12-22)21-11-14-8-9-19-16-7-5-4-6-15(14)16;/h4-9,13,22H,3,10-12H2,1-2H3,(H2,18,20,21);1H. The van der Waals surface area contributed by atoms with E-state index in [1.807, 2.05) is 44.3 Å². The smallest absolute Gasteiger partial charge is 0.191 e. The molecule has 0 spiro atoms. The summed E-state index contributed by atoms with van der Waals surface area (Å²) in [5.41, 5.74) is 2.14. The maximum atomic E-state index is 9.10. The minimum absolute atomic E-state index is 0. The lowest BCUT2D eigenvalue weighted by Gasteiger charge is -2.14. The number of benzene rings is 1. The number of nitrogens with one attached hydrogen (secondary N) is 2. The van der Waals surface area contributed by atoms with Crippen molar-refractivity contribution in [2.45, 2.75) is 20.4 Å². The Morgan fingerprint density at radius 1 is 1.26 bits per heavy atom. The van der Waals surface area contributed by atoms with E-state index in [1.165, 1.54) is 0 Å². The highest BCUT2D eigenvalue weighted by Crippen LogP contribution is 2.16. The van der Waals surface area contributed by atoms with Gasteiger partial charge in [0.1, 0.15) is 0 Å². The fourth-order valence-electron chi connectivity index (χ4n) is 2.13. The number of rotatable bonds is 6. The number of hydrogen-bond donors (Lipinski definition) is 3. The highest BCUT2D eigenvalue weighted by Gasteiger charge is 2.04. The van der Waals surface area contributed by atoms with Gasteiger partial charge in [0, 0.05) is 31.3 Å². The predicted molar refractivity (Wildman–Crippen MR) is 106 cm³/mol. The van der Waals surface area contributed by atoms with Crippen molar-refractivity contribution in [1.29, 1.82) is 0 Å². The molecular weight excluding hydrogens is 403 g/mol. The maximum absolute atomic E-state index is 9.10. The second kappa shape index (κ2) is 10.4. The molecule has 0 aliphatic heterocycles. The number of fused-ring (bicyclic) bond motifs is 1. The van der Waals surface area contributed by atoms with Gasteiger partial charge in [-0.1, -0.05) is 25.1 Å². The average Bonchev–Trinajstić information content (AvgIpc) is 2.57. The van der Waals surface area contributed by atoms with E-state index < -0.39 is 0 Å². The number of aliphatic hydroxyl groups excluding tert-OH is 1. The highest BCUT2D eigenvalue weighted by atomic mass is 127. The Hall–Kier alpha value is -1.41. The lowest BCUT2D eigenvalue weighted by atomic mass is 10.1. The van der Waals surface area contributed by atoms with Gasteiger partial charge in [-0.15, -0.1) is 24.0 Å². The number of halogens is 1. The second-order valence-corrected chi connectivity index (χ2v) is 5.35. The first-order valence-electron chi connectivity index (χ1n) is 7.70. The Kier molecular flexibility index (Phi) is 8.86. The van der Waals surface area contributed by atoms with Crippen molar-refractivity contribution in [3.8, 4) is 0 Å². The molecule has 23 heavy (non-hydrogen) atoms. The third-order valence-electron chi connectivity index (χ3n) is 3.42. The van der Waals surface area contributed by atoms with E-state index >= 15 is 0 Å². The number of pyridine rings is 1. The SMILES string of the molecule is CCNC(=NCc1ccnc2ccccc12)NCC(C)CO.I. The summed E-state index contributed by atoms with van der Waals surface area (Å²) in [6.07, 6.45) is 1.82. The van der Waals surface area contributed by atoms with Gasteiger partial charge in [-0.05, 0) is 30.5 Å². The number of para-hydroxylation sites is 1. The van der Waals surface area contributed by atoms with Gasteiger partial charge in [0.15, 0.2) is 5.96 Å². The highest BCUT2D eigenvalue weighted by molar-refractivity contribution is 14.0. The Bertz CT molecular complexity index is 628. The molecule has 1 unspecified atom stereocenters. The zero-order valence-electron chi connectivity index (χ0n) is 13.6. The molecule has 126 valence electrons. The molecule has 1 atom stereocenters. The fourth-order valence-corrected chi connectivity index (χ4v) is 2.13. The Morgan fingerprint density at radius 3 is 2.78 bits per heavy atom. The normalized spacial score (nSPS) is 12.6. The van der Waals surface area contributed by atoms with Crippen LogP contribution in [0.25, 0.3) is 10.9 Å². The molecule has 0 fully saturated rings. The fraction of sp³-hybridized carbons (Fsp3) is 0.412. The second-order valence-electron chi connectivity index (χ2n) is 5.35. The van der Waals surface area contributed by atoms with E-state index in [2.05, 4.69) is 26.7 Å². The first kappa shape index (κ1) is 19.6. The van der Waals surface area contributed by atoms with E-state index in [1.54, 1.807) is 0 Å². The summed E-state index contributed by atoms with van der Waals surface area (Å²) in [5, 5.41) is 16.7. The van der Waals surface area contributed by atoms with E-state index in [9.17, 15) is 0 Å². The van der Waals surface area contributed by atoms with Crippen LogP contribution in [0.2, 0.25) is 0 Å². The summed E-state index contributed by atoms with van der Waals surface area (Å²) in [5.74, 6) is 0.967. The number of guanidine groups is 1. The van der Waals surface area contributed by atoms with Crippen LogP contribution in [-0.4, -0.2) is 35.7 Å². The molecule has 6 heteroatoms. The quantitative estimate of drug-likeness (QED) is 0.376. The molecule has 0 bridgehead atoms. The van der Waals surface area contributed by atoms with Gasteiger partial charge < -0.3 is 15.7 Å². The van der Waals surface area contributed by atoms with Crippen LogP contribution in [-0.2, 0) is 6.54 Å². The zero-order valence-corrected chi connectivity index (χ0v) is 16.0. The minimum atomic E-state index is 0. The van der Waals surface area contributed by atoms with Crippen LogP contribution in [0.15, 0.2) is 41.5 Å². The monoisotopic (exact) mass is 428 g/mol. The van der Waals surface area contributed by atoms with Crippen molar-refractivity contribution in [2.75, 3.05) is 19.7 Å². The van der Waals surface area contributed by atoms with E-state index in [-0.39, 0.29) is 36.5 Å².